The third kappa shape index (κ3) is 6.25. The van der Waals surface area contributed by atoms with Crippen LogP contribution in [0.3, 0.4) is 0 Å². The molecule has 3 aromatic carbocycles. The highest BCUT2D eigenvalue weighted by Crippen LogP contribution is 2.20. The number of aromatic nitrogens is 2. The van der Waals surface area contributed by atoms with Crippen molar-refractivity contribution in [3.63, 3.8) is 0 Å². The molecular weight excluding hydrogens is 422 g/mol. The number of carbonyl (C=O) groups is 1. The van der Waals surface area contributed by atoms with Crippen LogP contribution in [-0.4, -0.2) is 28.6 Å². The van der Waals surface area contributed by atoms with Crippen molar-refractivity contribution in [2.45, 2.75) is 46.1 Å². The molecule has 0 aliphatic carbocycles. The highest BCUT2D eigenvalue weighted by atomic mass is 16.5. The summed E-state index contributed by atoms with van der Waals surface area (Å²) in [6.45, 7) is 6.33. The maximum absolute atomic E-state index is 12.3. The lowest BCUT2D eigenvalue weighted by Crippen LogP contribution is -2.28. The molecule has 1 aromatic heterocycles. The molecule has 34 heavy (non-hydrogen) atoms. The molecule has 176 valence electrons. The number of amides is 1. The molecule has 5 nitrogen and oxygen atoms in total. The summed E-state index contributed by atoms with van der Waals surface area (Å²) in [6.07, 6.45) is 3.07. The molecule has 0 atom stereocenters. The van der Waals surface area contributed by atoms with E-state index in [1.807, 2.05) is 42.5 Å². The Labute approximate surface area is 201 Å². The fourth-order valence-electron chi connectivity index (χ4n) is 4.24. The number of ether oxygens (including phenoxy) is 1. The topological polar surface area (TPSA) is 56.1 Å². The van der Waals surface area contributed by atoms with Crippen molar-refractivity contribution in [3.05, 3.63) is 95.3 Å². The number of nitrogens with one attached hydrogen (secondary N) is 1. The third-order valence-electron chi connectivity index (χ3n) is 5.98. The van der Waals surface area contributed by atoms with E-state index in [0.717, 1.165) is 47.6 Å². The monoisotopic (exact) mass is 455 g/mol. The van der Waals surface area contributed by atoms with Crippen LogP contribution in [0.2, 0.25) is 0 Å². The van der Waals surface area contributed by atoms with Gasteiger partial charge in [-0.15, -0.1) is 0 Å². The Balaban J connectivity index is 1.30. The molecule has 5 heteroatoms. The van der Waals surface area contributed by atoms with E-state index in [-0.39, 0.29) is 5.91 Å². The zero-order valence-electron chi connectivity index (χ0n) is 20.1. The summed E-state index contributed by atoms with van der Waals surface area (Å²) in [6, 6.07) is 24.3. The minimum atomic E-state index is 0.0393. The first-order chi connectivity index (χ1) is 16.6. The number of carbonyl (C=O) groups excluding carboxylic acids is 1. The summed E-state index contributed by atoms with van der Waals surface area (Å²) in [5.74, 6) is 2.01. The molecule has 0 fully saturated rings. The third-order valence-corrected chi connectivity index (χ3v) is 5.98. The number of hydrogen-bond acceptors (Lipinski definition) is 3. The first kappa shape index (κ1) is 23.6. The Kier molecular flexibility index (Phi) is 7.97. The summed E-state index contributed by atoms with van der Waals surface area (Å²) in [5.41, 5.74) is 5.59. The van der Waals surface area contributed by atoms with Crippen LogP contribution in [0.4, 0.5) is 0 Å². The number of imidazole rings is 1. The molecule has 1 heterocycles. The zero-order chi connectivity index (χ0) is 23.8. The fraction of sp³-hybridized carbons (Fsp3) is 0.310. The second kappa shape index (κ2) is 11.5. The molecule has 0 saturated carbocycles. The van der Waals surface area contributed by atoms with Crippen molar-refractivity contribution in [2.24, 2.45) is 0 Å². The summed E-state index contributed by atoms with van der Waals surface area (Å²) < 4.78 is 8.28. The summed E-state index contributed by atoms with van der Waals surface area (Å²) in [4.78, 5) is 17.2. The van der Waals surface area contributed by atoms with Gasteiger partial charge in [-0.25, -0.2) is 4.98 Å². The summed E-state index contributed by atoms with van der Waals surface area (Å²) >= 11 is 0. The lowest BCUT2D eigenvalue weighted by molar-refractivity contribution is -0.120. The van der Waals surface area contributed by atoms with Gasteiger partial charge in [0.15, 0.2) is 0 Å². The Hall–Kier alpha value is -3.60. The number of aryl methyl sites for hydroxylation is 3. The summed E-state index contributed by atoms with van der Waals surface area (Å²) in [5, 5.41) is 3.04. The van der Waals surface area contributed by atoms with Crippen molar-refractivity contribution in [3.8, 4) is 5.75 Å². The predicted octanol–water partition coefficient (Wildman–Crippen LogP) is 5.41. The van der Waals surface area contributed by atoms with Gasteiger partial charge in [-0.3, -0.25) is 4.79 Å². The van der Waals surface area contributed by atoms with Gasteiger partial charge in [0.25, 0.3) is 0 Å². The van der Waals surface area contributed by atoms with Crippen LogP contribution >= 0.6 is 0 Å². The number of rotatable bonds is 11. The molecule has 0 unspecified atom stereocenters. The standard InChI is InChI=1S/C29H33N3O2/c1-22-14-15-27(23(2)20-22)34-19-9-8-18-32-26-13-7-6-12-25(26)31-28(32)16-17-30-29(33)21-24-10-4-3-5-11-24/h3-7,10-15,20H,8-9,16-19,21H2,1-2H3,(H,30,33). The van der Waals surface area contributed by atoms with Gasteiger partial charge in [-0.2, -0.15) is 0 Å². The molecule has 4 rings (SSSR count). The van der Waals surface area contributed by atoms with Gasteiger partial charge in [-0.1, -0.05) is 60.2 Å². The zero-order valence-corrected chi connectivity index (χ0v) is 20.1. The predicted molar refractivity (Wildman–Crippen MR) is 137 cm³/mol. The molecule has 4 aromatic rings. The quantitative estimate of drug-likeness (QED) is 0.308. The van der Waals surface area contributed by atoms with Crippen LogP contribution in [0.15, 0.2) is 72.8 Å². The molecule has 0 aliphatic rings. The van der Waals surface area contributed by atoms with Crippen molar-refractivity contribution < 1.29 is 9.53 Å². The highest BCUT2D eigenvalue weighted by molar-refractivity contribution is 5.78. The van der Waals surface area contributed by atoms with Crippen LogP contribution in [-0.2, 0) is 24.2 Å². The molecule has 0 saturated heterocycles. The molecule has 1 amide bonds. The minimum absolute atomic E-state index is 0.0393. The Bertz CT molecular complexity index is 1230. The lowest BCUT2D eigenvalue weighted by atomic mass is 10.1. The molecule has 0 radical (unpaired) electrons. The van der Waals surface area contributed by atoms with Crippen LogP contribution < -0.4 is 10.1 Å². The van der Waals surface area contributed by atoms with Crippen LogP contribution in [0.5, 0.6) is 5.75 Å². The van der Waals surface area contributed by atoms with Crippen LogP contribution in [0.25, 0.3) is 11.0 Å². The van der Waals surface area contributed by atoms with Gasteiger partial charge in [0, 0.05) is 19.5 Å². The van der Waals surface area contributed by atoms with Gasteiger partial charge in [0.1, 0.15) is 11.6 Å². The number of para-hydroxylation sites is 2. The second-order valence-corrected chi connectivity index (χ2v) is 8.76. The maximum atomic E-state index is 12.3. The molecular formula is C29H33N3O2. The van der Waals surface area contributed by atoms with Gasteiger partial charge in [0.2, 0.25) is 5.91 Å². The van der Waals surface area contributed by atoms with Gasteiger partial charge >= 0.3 is 0 Å². The molecule has 0 aliphatic heterocycles. The summed E-state index contributed by atoms with van der Waals surface area (Å²) in [7, 11) is 0. The number of hydrogen-bond donors (Lipinski definition) is 1. The molecule has 0 bridgehead atoms. The van der Waals surface area contributed by atoms with Crippen LogP contribution in [0, 0.1) is 13.8 Å². The van der Waals surface area contributed by atoms with Crippen LogP contribution in [0.1, 0.15) is 35.4 Å². The first-order valence-electron chi connectivity index (χ1n) is 12.0. The van der Waals surface area contributed by atoms with E-state index in [2.05, 4.69) is 54.1 Å². The van der Waals surface area contributed by atoms with E-state index in [1.54, 1.807) is 0 Å². The Morgan fingerprint density at radius 1 is 0.971 bits per heavy atom. The first-order valence-corrected chi connectivity index (χ1v) is 12.0. The van der Waals surface area contributed by atoms with E-state index >= 15 is 0 Å². The van der Waals surface area contributed by atoms with Gasteiger partial charge in [0.05, 0.1) is 24.1 Å². The Morgan fingerprint density at radius 2 is 1.76 bits per heavy atom. The SMILES string of the molecule is Cc1ccc(OCCCCn2c(CCNC(=O)Cc3ccccc3)nc3ccccc32)c(C)c1. The van der Waals surface area contributed by atoms with E-state index in [9.17, 15) is 4.79 Å². The lowest BCUT2D eigenvalue weighted by Gasteiger charge is -2.12. The highest BCUT2D eigenvalue weighted by Gasteiger charge is 2.11. The number of benzene rings is 3. The van der Waals surface area contributed by atoms with E-state index in [4.69, 9.17) is 9.72 Å². The van der Waals surface area contributed by atoms with E-state index < -0.39 is 0 Å². The number of nitrogens with zero attached hydrogens (tertiary/aromatic N) is 2. The largest absolute Gasteiger partial charge is 0.493 e. The maximum Gasteiger partial charge on any atom is 0.224 e. The van der Waals surface area contributed by atoms with Crippen molar-refractivity contribution in [2.75, 3.05) is 13.2 Å². The van der Waals surface area contributed by atoms with Crippen molar-refractivity contribution >= 4 is 16.9 Å². The average Bonchev–Trinajstić information content (AvgIpc) is 3.18. The Morgan fingerprint density at radius 3 is 2.59 bits per heavy atom. The minimum Gasteiger partial charge on any atom is -0.493 e. The normalized spacial score (nSPS) is 11.0. The molecule has 1 N–H and O–H groups in total. The van der Waals surface area contributed by atoms with Gasteiger partial charge < -0.3 is 14.6 Å². The number of fused-ring (bicyclic) bond motifs is 1. The van der Waals surface area contributed by atoms with E-state index in [0.29, 0.717) is 26.0 Å². The smallest absolute Gasteiger partial charge is 0.224 e. The van der Waals surface area contributed by atoms with Crippen molar-refractivity contribution in [1.29, 1.82) is 0 Å². The van der Waals surface area contributed by atoms with Crippen molar-refractivity contribution in [1.82, 2.24) is 14.9 Å². The fourth-order valence-corrected chi connectivity index (χ4v) is 4.24. The van der Waals surface area contributed by atoms with Gasteiger partial charge in [-0.05, 0) is 56.0 Å². The van der Waals surface area contributed by atoms with E-state index in [1.165, 1.54) is 11.1 Å². The molecule has 0 spiro atoms. The number of unbranched alkanes of at least 4 members (excludes halogenated alkanes) is 1. The average molecular weight is 456 g/mol. The second-order valence-electron chi connectivity index (χ2n) is 8.76.